The molecule has 5 nitrogen and oxygen atoms in total. The van der Waals surface area contributed by atoms with Crippen LogP contribution in [0.2, 0.25) is 0 Å². The molecule has 0 aliphatic rings. The van der Waals surface area contributed by atoms with Gasteiger partial charge in [-0.25, -0.2) is 9.38 Å². The molecular formula is C18H27FIN5. The summed E-state index contributed by atoms with van der Waals surface area (Å²) in [5, 5.41) is 10.8. The number of guanidine groups is 1. The van der Waals surface area contributed by atoms with E-state index < -0.39 is 0 Å². The van der Waals surface area contributed by atoms with Gasteiger partial charge in [0.2, 0.25) is 0 Å². The molecule has 7 heteroatoms. The monoisotopic (exact) mass is 459 g/mol. The van der Waals surface area contributed by atoms with E-state index in [-0.39, 0.29) is 29.8 Å². The van der Waals surface area contributed by atoms with Gasteiger partial charge in [0.15, 0.2) is 5.96 Å². The van der Waals surface area contributed by atoms with Gasteiger partial charge in [0.25, 0.3) is 0 Å². The van der Waals surface area contributed by atoms with Crippen molar-refractivity contribution in [1.29, 1.82) is 0 Å². The van der Waals surface area contributed by atoms with Crippen molar-refractivity contribution < 1.29 is 4.39 Å². The summed E-state index contributed by atoms with van der Waals surface area (Å²) >= 11 is 0. The Labute approximate surface area is 166 Å². The lowest BCUT2D eigenvalue weighted by molar-refractivity contribution is 0.443. The van der Waals surface area contributed by atoms with E-state index in [1.807, 2.05) is 29.9 Å². The number of aryl methyl sites for hydroxylation is 1. The zero-order valence-electron chi connectivity index (χ0n) is 15.0. The summed E-state index contributed by atoms with van der Waals surface area (Å²) < 4.78 is 15.2. The zero-order chi connectivity index (χ0) is 17.4. The van der Waals surface area contributed by atoms with E-state index in [1.165, 1.54) is 6.07 Å². The Morgan fingerprint density at radius 1 is 1.36 bits per heavy atom. The molecule has 1 aromatic carbocycles. The van der Waals surface area contributed by atoms with Gasteiger partial charge in [-0.3, -0.25) is 4.68 Å². The van der Waals surface area contributed by atoms with Crippen LogP contribution in [0, 0.1) is 18.7 Å². The highest BCUT2D eigenvalue weighted by Crippen LogP contribution is 2.10. The van der Waals surface area contributed by atoms with Crippen molar-refractivity contribution in [3.05, 3.63) is 53.6 Å². The quantitative estimate of drug-likeness (QED) is 0.380. The molecule has 0 amide bonds. The number of hydrogen-bond donors (Lipinski definition) is 2. The maximum atomic E-state index is 13.3. The average molecular weight is 459 g/mol. The Balaban J connectivity index is 0.00000312. The summed E-state index contributed by atoms with van der Waals surface area (Å²) in [5.74, 6) is 1.01. The fourth-order valence-electron chi connectivity index (χ4n) is 2.38. The molecule has 2 aromatic rings. The van der Waals surface area contributed by atoms with Crippen LogP contribution in [0.25, 0.3) is 0 Å². The van der Waals surface area contributed by atoms with Crippen LogP contribution in [0.3, 0.4) is 0 Å². The second-order valence-corrected chi connectivity index (χ2v) is 5.99. The smallest absolute Gasteiger partial charge is 0.191 e. The number of halogens is 2. The molecule has 0 fully saturated rings. The number of benzene rings is 1. The van der Waals surface area contributed by atoms with Crippen molar-refractivity contribution in [3.63, 3.8) is 0 Å². The van der Waals surface area contributed by atoms with E-state index >= 15 is 0 Å². The lowest BCUT2D eigenvalue weighted by Crippen LogP contribution is -2.40. The molecule has 0 saturated heterocycles. The van der Waals surface area contributed by atoms with Gasteiger partial charge in [0, 0.05) is 32.0 Å². The van der Waals surface area contributed by atoms with Gasteiger partial charge in [-0.05, 0) is 43.0 Å². The van der Waals surface area contributed by atoms with E-state index in [1.54, 1.807) is 19.2 Å². The molecule has 138 valence electrons. The predicted molar refractivity (Wildman–Crippen MR) is 111 cm³/mol. The Bertz CT molecular complexity index is 657. The summed E-state index contributed by atoms with van der Waals surface area (Å²) in [7, 11) is 0. The molecule has 1 aromatic heterocycles. The second-order valence-electron chi connectivity index (χ2n) is 5.99. The van der Waals surface area contributed by atoms with E-state index in [9.17, 15) is 4.39 Å². The molecule has 0 aliphatic carbocycles. The summed E-state index contributed by atoms with van der Waals surface area (Å²) in [6.45, 7) is 8.94. The average Bonchev–Trinajstić information content (AvgIpc) is 3.06. The van der Waals surface area contributed by atoms with Crippen LogP contribution >= 0.6 is 24.0 Å². The second kappa shape index (κ2) is 11.1. The van der Waals surface area contributed by atoms with E-state index in [4.69, 9.17) is 0 Å². The number of aliphatic imine (C=N–C) groups is 1. The van der Waals surface area contributed by atoms with Crippen molar-refractivity contribution in [2.45, 2.75) is 33.9 Å². The SMILES string of the molecule is CCNC(=NCc1ccc(F)c(C)c1)NCC(C)Cn1cccn1.I. The molecule has 2 N–H and O–H groups in total. The first-order valence-corrected chi connectivity index (χ1v) is 8.33. The number of nitrogens with one attached hydrogen (secondary N) is 2. The highest BCUT2D eigenvalue weighted by Gasteiger charge is 2.05. The van der Waals surface area contributed by atoms with Crippen LogP contribution in [0.15, 0.2) is 41.7 Å². The number of aromatic nitrogens is 2. The standard InChI is InChI=1S/C18H26FN5.HI/c1-4-20-18(21-11-14(2)13-24-9-5-8-23-24)22-12-16-6-7-17(19)15(3)10-16;/h5-10,14H,4,11-13H2,1-3H3,(H2,20,21,22);1H. The molecule has 0 spiro atoms. The fourth-order valence-corrected chi connectivity index (χ4v) is 2.38. The highest BCUT2D eigenvalue weighted by molar-refractivity contribution is 14.0. The highest BCUT2D eigenvalue weighted by atomic mass is 127. The first-order chi connectivity index (χ1) is 11.6. The lowest BCUT2D eigenvalue weighted by atomic mass is 10.1. The number of nitrogens with zero attached hydrogens (tertiary/aromatic N) is 3. The first kappa shape index (κ1) is 21.4. The summed E-state index contributed by atoms with van der Waals surface area (Å²) in [6, 6.07) is 7.03. The van der Waals surface area contributed by atoms with Gasteiger partial charge in [0.05, 0.1) is 6.54 Å². The topological polar surface area (TPSA) is 54.2 Å². The molecule has 0 radical (unpaired) electrons. The number of rotatable bonds is 7. The third kappa shape index (κ3) is 7.41. The van der Waals surface area contributed by atoms with Crippen molar-refractivity contribution in [2.24, 2.45) is 10.9 Å². The molecule has 1 atom stereocenters. The Kier molecular flexibility index (Phi) is 9.48. The van der Waals surface area contributed by atoms with Gasteiger partial charge in [-0.2, -0.15) is 5.10 Å². The molecular weight excluding hydrogens is 432 g/mol. The molecule has 2 rings (SSSR count). The zero-order valence-corrected chi connectivity index (χ0v) is 17.3. The maximum Gasteiger partial charge on any atom is 0.191 e. The van der Waals surface area contributed by atoms with E-state index in [0.717, 1.165) is 31.2 Å². The van der Waals surface area contributed by atoms with Crippen LogP contribution in [0.5, 0.6) is 0 Å². The molecule has 0 aliphatic heterocycles. The van der Waals surface area contributed by atoms with Crippen molar-refractivity contribution in [1.82, 2.24) is 20.4 Å². The van der Waals surface area contributed by atoms with Gasteiger partial charge in [-0.1, -0.05) is 19.1 Å². The van der Waals surface area contributed by atoms with E-state index in [0.29, 0.717) is 18.0 Å². The molecule has 0 saturated carbocycles. The Hall–Kier alpha value is -1.64. The minimum Gasteiger partial charge on any atom is -0.357 e. The van der Waals surface area contributed by atoms with Crippen LogP contribution in [0.1, 0.15) is 25.0 Å². The molecule has 1 heterocycles. The minimum atomic E-state index is -0.180. The van der Waals surface area contributed by atoms with Crippen LogP contribution < -0.4 is 10.6 Å². The van der Waals surface area contributed by atoms with Gasteiger partial charge in [0.1, 0.15) is 5.82 Å². The van der Waals surface area contributed by atoms with Gasteiger partial charge in [-0.15, -0.1) is 24.0 Å². The van der Waals surface area contributed by atoms with Crippen molar-refractivity contribution in [2.75, 3.05) is 13.1 Å². The van der Waals surface area contributed by atoms with Crippen LogP contribution in [-0.2, 0) is 13.1 Å². The van der Waals surface area contributed by atoms with Crippen LogP contribution in [0.4, 0.5) is 4.39 Å². The summed E-state index contributed by atoms with van der Waals surface area (Å²) in [5.41, 5.74) is 1.64. The maximum absolute atomic E-state index is 13.3. The predicted octanol–water partition coefficient (Wildman–Crippen LogP) is 3.34. The van der Waals surface area contributed by atoms with Crippen molar-refractivity contribution in [3.8, 4) is 0 Å². The summed E-state index contributed by atoms with van der Waals surface area (Å²) in [4.78, 5) is 4.57. The van der Waals surface area contributed by atoms with Crippen LogP contribution in [-0.4, -0.2) is 28.8 Å². The Morgan fingerprint density at radius 2 is 2.16 bits per heavy atom. The lowest BCUT2D eigenvalue weighted by Gasteiger charge is -2.16. The number of hydrogen-bond acceptors (Lipinski definition) is 2. The third-order valence-corrected chi connectivity index (χ3v) is 3.66. The normalized spacial score (nSPS) is 12.4. The van der Waals surface area contributed by atoms with Gasteiger partial charge >= 0.3 is 0 Å². The van der Waals surface area contributed by atoms with Crippen molar-refractivity contribution >= 4 is 29.9 Å². The Morgan fingerprint density at radius 3 is 2.80 bits per heavy atom. The largest absolute Gasteiger partial charge is 0.357 e. The first-order valence-electron chi connectivity index (χ1n) is 8.33. The third-order valence-electron chi connectivity index (χ3n) is 3.66. The van der Waals surface area contributed by atoms with Gasteiger partial charge < -0.3 is 10.6 Å². The summed E-state index contributed by atoms with van der Waals surface area (Å²) in [6.07, 6.45) is 3.75. The minimum absolute atomic E-state index is 0. The molecule has 25 heavy (non-hydrogen) atoms. The molecule has 0 bridgehead atoms. The fraction of sp³-hybridized carbons (Fsp3) is 0.444. The molecule has 1 unspecified atom stereocenters. The van der Waals surface area contributed by atoms with E-state index in [2.05, 4.69) is 27.6 Å².